The van der Waals surface area contributed by atoms with Gasteiger partial charge in [-0.25, -0.2) is 8.78 Å². The van der Waals surface area contributed by atoms with Crippen LogP contribution in [0.5, 0.6) is 0 Å². The van der Waals surface area contributed by atoms with Crippen LogP contribution in [0.15, 0.2) is 5.83 Å². The van der Waals surface area contributed by atoms with E-state index >= 15 is 0 Å². The van der Waals surface area contributed by atoms with Crippen molar-refractivity contribution in [2.24, 2.45) is 0 Å². The Morgan fingerprint density at radius 2 is 1.83 bits per heavy atom. The van der Waals surface area contributed by atoms with Crippen molar-refractivity contribution in [2.75, 3.05) is 17.3 Å². The average Bonchev–Trinajstić information content (AvgIpc) is 2.49. The fraction of sp³-hybridized carbons (Fsp3) is 0.667. The lowest BCUT2D eigenvalue weighted by Gasteiger charge is -2.20. The molecule has 8 heteroatoms. The Bertz CT molecular complexity index is 579. The van der Waals surface area contributed by atoms with E-state index in [4.69, 9.17) is 0 Å². The summed E-state index contributed by atoms with van der Waals surface area (Å²) in [5.74, 6) is 0.0537. The van der Waals surface area contributed by atoms with Crippen molar-refractivity contribution < 1.29 is 13.9 Å². The zero-order chi connectivity index (χ0) is 17.0. The van der Waals surface area contributed by atoms with Gasteiger partial charge in [0.15, 0.2) is 5.82 Å². The molecule has 2 atom stereocenters. The maximum absolute atomic E-state index is 14.2. The standard InChI is InChI=1S/C15H23F2N5O/c1-8(2)18-14-20-13(10-5-4-6-11(23)12(10)17)21-15(22-14)19-9(3)7-16/h8-9,11,23H,4-7H2,1-3H3,(H2,18,19,20,21,22)/t9-,11?/m0/s1. The van der Waals surface area contributed by atoms with Crippen molar-refractivity contribution in [2.45, 2.75) is 58.2 Å². The highest BCUT2D eigenvalue weighted by molar-refractivity contribution is 5.65. The molecule has 1 aliphatic carbocycles. The molecule has 6 nitrogen and oxygen atoms in total. The maximum Gasteiger partial charge on any atom is 0.228 e. The number of aliphatic hydroxyl groups excluding tert-OH is 1. The summed E-state index contributed by atoms with van der Waals surface area (Å²) < 4.78 is 26.9. The van der Waals surface area contributed by atoms with Crippen LogP contribution >= 0.6 is 0 Å². The number of aromatic nitrogens is 3. The van der Waals surface area contributed by atoms with Crippen LogP contribution in [-0.4, -0.2) is 44.9 Å². The minimum absolute atomic E-state index is 0.0764. The molecule has 1 unspecified atom stereocenters. The van der Waals surface area contributed by atoms with Crippen LogP contribution in [0.4, 0.5) is 20.7 Å². The minimum atomic E-state index is -1.11. The predicted octanol–water partition coefficient (Wildman–Crippen LogP) is 2.69. The molecule has 3 N–H and O–H groups in total. The zero-order valence-corrected chi connectivity index (χ0v) is 13.6. The van der Waals surface area contributed by atoms with Crippen LogP contribution in [0.2, 0.25) is 0 Å². The summed E-state index contributed by atoms with van der Waals surface area (Å²) >= 11 is 0. The lowest BCUT2D eigenvalue weighted by Crippen LogP contribution is -2.22. The summed E-state index contributed by atoms with van der Waals surface area (Å²) in [6.45, 7) is 4.92. The monoisotopic (exact) mass is 327 g/mol. The zero-order valence-electron chi connectivity index (χ0n) is 13.6. The molecular weight excluding hydrogens is 304 g/mol. The van der Waals surface area contributed by atoms with E-state index in [1.165, 1.54) is 0 Å². The van der Waals surface area contributed by atoms with Gasteiger partial charge in [-0.15, -0.1) is 0 Å². The molecule has 0 bridgehead atoms. The van der Waals surface area contributed by atoms with Crippen LogP contribution in [0, 0.1) is 0 Å². The van der Waals surface area contributed by atoms with E-state index in [1.807, 2.05) is 13.8 Å². The van der Waals surface area contributed by atoms with E-state index in [1.54, 1.807) is 6.92 Å². The predicted molar refractivity (Wildman–Crippen MR) is 85.5 cm³/mol. The third kappa shape index (κ3) is 4.57. The number of alkyl halides is 1. The van der Waals surface area contributed by atoms with Gasteiger partial charge in [0.05, 0.1) is 6.04 Å². The van der Waals surface area contributed by atoms with Gasteiger partial charge in [-0.3, -0.25) is 0 Å². The molecule has 0 fully saturated rings. The van der Waals surface area contributed by atoms with Gasteiger partial charge in [0.25, 0.3) is 0 Å². The molecule has 23 heavy (non-hydrogen) atoms. The second kappa shape index (κ2) is 7.63. The maximum atomic E-state index is 14.2. The van der Waals surface area contributed by atoms with E-state index in [2.05, 4.69) is 25.6 Å². The summed E-state index contributed by atoms with van der Waals surface area (Å²) in [7, 11) is 0. The van der Waals surface area contributed by atoms with Gasteiger partial charge < -0.3 is 15.7 Å². The first kappa shape index (κ1) is 17.5. The third-order valence-corrected chi connectivity index (χ3v) is 3.42. The summed E-state index contributed by atoms with van der Waals surface area (Å²) in [6, 6.07) is -0.389. The normalized spacial score (nSPS) is 19.9. The number of aliphatic hydroxyl groups is 1. The number of rotatable bonds is 6. The summed E-state index contributed by atoms with van der Waals surface area (Å²) in [5.41, 5.74) is 0.286. The number of hydrogen-bond donors (Lipinski definition) is 3. The first-order chi connectivity index (χ1) is 10.9. The SMILES string of the molecule is CC(C)Nc1nc(N[C@@H](C)CF)nc(C2=C(F)C(O)CCC2)n1. The van der Waals surface area contributed by atoms with Gasteiger partial charge in [0.2, 0.25) is 11.9 Å². The van der Waals surface area contributed by atoms with Gasteiger partial charge in [0, 0.05) is 11.6 Å². The highest BCUT2D eigenvalue weighted by atomic mass is 19.1. The van der Waals surface area contributed by atoms with Crippen LogP contribution in [0.25, 0.3) is 5.57 Å². The lowest BCUT2D eigenvalue weighted by molar-refractivity contribution is 0.165. The Hall–Kier alpha value is -1.83. The smallest absolute Gasteiger partial charge is 0.228 e. The highest BCUT2D eigenvalue weighted by Gasteiger charge is 2.25. The number of nitrogens with zero attached hydrogens (tertiary/aromatic N) is 3. The molecule has 128 valence electrons. The second-order valence-electron chi connectivity index (χ2n) is 6.04. The first-order valence-electron chi connectivity index (χ1n) is 7.82. The molecule has 1 heterocycles. The van der Waals surface area contributed by atoms with Crippen molar-refractivity contribution in [1.82, 2.24) is 15.0 Å². The van der Waals surface area contributed by atoms with E-state index < -0.39 is 24.6 Å². The van der Waals surface area contributed by atoms with E-state index in [-0.39, 0.29) is 23.4 Å². The molecule has 0 saturated carbocycles. The molecule has 0 radical (unpaired) electrons. The molecule has 0 aromatic carbocycles. The first-order valence-corrected chi connectivity index (χ1v) is 7.82. The number of halogens is 2. The average molecular weight is 327 g/mol. The Morgan fingerprint density at radius 1 is 1.17 bits per heavy atom. The van der Waals surface area contributed by atoms with Gasteiger partial charge in [-0.05, 0) is 40.0 Å². The Kier molecular flexibility index (Phi) is 5.81. The Labute approximate surface area is 134 Å². The van der Waals surface area contributed by atoms with Crippen molar-refractivity contribution in [3.8, 4) is 0 Å². The van der Waals surface area contributed by atoms with Crippen molar-refractivity contribution >= 4 is 17.5 Å². The molecule has 2 rings (SSSR count). The fourth-order valence-electron chi connectivity index (χ4n) is 2.30. The van der Waals surface area contributed by atoms with Crippen molar-refractivity contribution in [3.05, 3.63) is 11.7 Å². The minimum Gasteiger partial charge on any atom is -0.386 e. The van der Waals surface area contributed by atoms with Crippen LogP contribution in [0.1, 0.15) is 45.9 Å². The molecule has 1 aliphatic rings. The molecular formula is C15H23F2N5O. The highest BCUT2D eigenvalue weighted by Crippen LogP contribution is 2.32. The fourth-order valence-corrected chi connectivity index (χ4v) is 2.30. The summed E-state index contributed by atoms with van der Waals surface area (Å²) in [4.78, 5) is 12.6. The molecule has 0 saturated heterocycles. The molecule has 0 amide bonds. The van der Waals surface area contributed by atoms with Gasteiger partial charge in [-0.2, -0.15) is 15.0 Å². The molecule has 0 spiro atoms. The van der Waals surface area contributed by atoms with Gasteiger partial charge >= 0.3 is 0 Å². The number of nitrogens with one attached hydrogen (secondary N) is 2. The van der Waals surface area contributed by atoms with Gasteiger partial charge in [0.1, 0.15) is 18.6 Å². The number of allylic oxidation sites excluding steroid dienone is 1. The number of anilines is 2. The number of hydrogen-bond acceptors (Lipinski definition) is 6. The van der Waals surface area contributed by atoms with E-state index in [0.29, 0.717) is 25.2 Å². The third-order valence-electron chi connectivity index (χ3n) is 3.42. The Morgan fingerprint density at radius 3 is 2.43 bits per heavy atom. The van der Waals surface area contributed by atoms with Crippen LogP contribution < -0.4 is 10.6 Å². The van der Waals surface area contributed by atoms with Gasteiger partial charge in [-0.1, -0.05) is 0 Å². The molecule has 0 aliphatic heterocycles. The largest absolute Gasteiger partial charge is 0.386 e. The Balaban J connectivity index is 2.41. The summed E-state index contributed by atoms with van der Waals surface area (Å²) in [5, 5.41) is 15.6. The topological polar surface area (TPSA) is 83.0 Å². The summed E-state index contributed by atoms with van der Waals surface area (Å²) in [6.07, 6.45) is 0.387. The van der Waals surface area contributed by atoms with Crippen LogP contribution in [-0.2, 0) is 0 Å². The van der Waals surface area contributed by atoms with Crippen molar-refractivity contribution in [1.29, 1.82) is 0 Å². The lowest BCUT2D eigenvalue weighted by atomic mass is 9.96. The van der Waals surface area contributed by atoms with Crippen LogP contribution in [0.3, 0.4) is 0 Å². The molecule has 1 aromatic rings. The van der Waals surface area contributed by atoms with E-state index in [0.717, 1.165) is 0 Å². The van der Waals surface area contributed by atoms with Crippen molar-refractivity contribution in [3.63, 3.8) is 0 Å². The van der Waals surface area contributed by atoms with E-state index in [9.17, 15) is 13.9 Å². The molecule has 1 aromatic heterocycles. The quantitative estimate of drug-likeness (QED) is 0.745. The second-order valence-corrected chi connectivity index (χ2v) is 6.04.